The topological polar surface area (TPSA) is 93.8 Å². The first-order valence-electron chi connectivity index (χ1n) is 4.29. The number of benzene rings is 1. The van der Waals surface area contributed by atoms with Crippen molar-refractivity contribution in [3.05, 3.63) is 29.3 Å². The first-order valence-corrected chi connectivity index (χ1v) is 5.06. The zero-order chi connectivity index (χ0) is 12.4. The highest BCUT2D eigenvalue weighted by atomic mass is 32.1. The van der Waals surface area contributed by atoms with Gasteiger partial charge in [0.1, 0.15) is 17.3 Å². The fraction of sp³-hybridized carbons (Fsp3) is 0. The highest BCUT2D eigenvalue weighted by Gasteiger charge is 2.14. The second-order valence-electron chi connectivity index (χ2n) is 2.98. The lowest BCUT2D eigenvalue weighted by atomic mass is 10.2. The molecule has 3 N–H and O–H groups in total. The van der Waals surface area contributed by atoms with Crippen LogP contribution in [0.4, 0.5) is 19.6 Å². The molecule has 1 aromatic heterocycles. The van der Waals surface area contributed by atoms with Gasteiger partial charge in [0.15, 0.2) is 0 Å². The summed E-state index contributed by atoms with van der Waals surface area (Å²) in [6, 6.07) is 1.67. The van der Waals surface area contributed by atoms with Crippen LogP contribution in [0.15, 0.2) is 12.1 Å². The first kappa shape index (κ1) is 11.3. The second-order valence-corrected chi connectivity index (χ2v) is 3.71. The van der Waals surface area contributed by atoms with Gasteiger partial charge in [-0.25, -0.2) is 8.78 Å². The van der Waals surface area contributed by atoms with Crippen LogP contribution in [0.3, 0.4) is 0 Å². The van der Waals surface area contributed by atoms with Crippen molar-refractivity contribution in [2.24, 2.45) is 0 Å². The van der Waals surface area contributed by atoms with Crippen LogP contribution in [0.5, 0.6) is 0 Å². The van der Waals surface area contributed by atoms with Gasteiger partial charge in [0, 0.05) is 17.1 Å². The molecule has 6 nitrogen and oxygen atoms in total. The smallest absolute Gasteiger partial charge is 0.257 e. The molecule has 0 fully saturated rings. The molecule has 88 valence electrons. The van der Waals surface area contributed by atoms with Crippen LogP contribution in [0.1, 0.15) is 10.4 Å². The van der Waals surface area contributed by atoms with Crippen LogP contribution in [0, 0.1) is 11.6 Å². The summed E-state index contributed by atoms with van der Waals surface area (Å²) < 4.78 is 29.6. The molecule has 9 heteroatoms. The molecular weight excluding hydrogens is 252 g/mol. The minimum Gasteiger partial charge on any atom is -0.394 e. The molecule has 0 aliphatic carbocycles. The Bertz CT molecular complexity index is 536. The third-order valence-corrected chi connectivity index (χ3v) is 2.37. The number of nitrogen functional groups attached to an aromatic ring is 1. The van der Waals surface area contributed by atoms with Gasteiger partial charge in [0.25, 0.3) is 5.91 Å². The number of nitrogens with zero attached hydrogens (tertiary/aromatic N) is 3. The highest BCUT2D eigenvalue weighted by molar-refractivity contribution is 7.09. The normalized spacial score (nSPS) is 10.2. The molecule has 1 heterocycles. The quantitative estimate of drug-likeness (QED) is 0.784. The van der Waals surface area contributed by atoms with E-state index < -0.39 is 23.2 Å². The Labute approximate surface area is 97.6 Å². The molecule has 0 saturated heterocycles. The summed E-state index contributed by atoms with van der Waals surface area (Å²) in [6.45, 7) is 0. The molecule has 0 aliphatic rings. The number of hydrogen-bond acceptors (Lipinski definition) is 6. The van der Waals surface area contributed by atoms with Crippen molar-refractivity contribution in [1.29, 1.82) is 0 Å². The average Bonchev–Trinajstić information content (AvgIpc) is 2.77. The molecule has 2 rings (SSSR count). The fourth-order valence-electron chi connectivity index (χ4n) is 1.07. The van der Waals surface area contributed by atoms with Gasteiger partial charge in [-0.1, -0.05) is 9.59 Å². The van der Waals surface area contributed by atoms with E-state index in [0.29, 0.717) is 0 Å². The highest BCUT2D eigenvalue weighted by Crippen LogP contribution is 2.18. The number of rotatable bonds is 2. The van der Waals surface area contributed by atoms with E-state index in [9.17, 15) is 13.6 Å². The maximum absolute atomic E-state index is 13.1. The molecular formula is C8H5F2N5OS. The predicted molar refractivity (Wildman–Crippen MR) is 56.4 cm³/mol. The minimum absolute atomic E-state index is 0.132. The third-order valence-electron chi connectivity index (χ3n) is 1.86. The zero-order valence-electron chi connectivity index (χ0n) is 8.15. The molecule has 1 amide bonds. The van der Waals surface area contributed by atoms with Crippen molar-refractivity contribution < 1.29 is 13.6 Å². The van der Waals surface area contributed by atoms with Crippen LogP contribution >= 0.6 is 11.5 Å². The summed E-state index contributed by atoms with van der Waals surface area (Å²) in [6.07, 6.45) is 0. The van der Waals surface area contributed by atoms with Gasteiger partial charge in [-0.05, 0) is 17.3 Å². The van der Waals surface area contributed by atoms with E-state index in [4.69, 9.17) is 5.73 Å². The van der Waals surface area contributed by atoms with Gasteiger partial charge in [0.05, 0.1) is 0 Å². The largest absolute Gasteiger partial charge is 0.394 e. The molecule has 0 unspecified atom stereocenters. The standard InChI is InChI=1S/C8H5F2N5OS/c9-4-1-3(2-5(10)6(4)11)7(16)12-8-13-14-15-17-8/h1-2H,11H2,(H,12,13,15,16). The number of nitrogens with two attached hydrogens (primary N) is 1. The van der Waals surface area contributed by atoms with Gasteiger partial charge in [-0.2, -0.15) is 0 Å². The Balaban J connectivity index is 2.26. The summed E-state index contributed by atoms with van der Waals surface area (Å²) in [7, 11) is 0. The van der Waals surface area contributed by atoms with Crippen molar-refractivity contribution in [2.45, 2.75) is 0 Å². The van der Waals surface area contributed by atoms with Crippen molar-refractivity contribution in [1.82, 2.24) is 14.8 Å². The molecule has 0 aliphatic heterocycles. The molecule has 2 aromatic rings. The Morgan fingerprint density at radius 3 is 2.53 bits per heavy atom. The minimum atomic E-state index is -0.995. The van der Waals surface area contributed by atoms with Gasteiger partial charge < -0.3 is 5.73 Å². The first-order chi connectivity index (χ1) is 8.08. The number of halogens is 2. The SMILES string of the molecule is Nc1c(F)cc(C(=O)Nc2nnns2)cc1F. The van der Waals surface area contributed by atoms with Crippen LogP contribution in [-0.4, -0.2) is 20.7 Å². The lowest BCUT2D eigenvalue weighted by Crippen LogP contribution is -2.13. The van der Waals surface area contributed by atoms with E-state index >= 15 is 0 Å². The molecule has 1 aromatic carbocycles. The van der Waals surface area contributed by atoms with Crippen LogP contribution in [0.2, 0.25) is 0 Å². The van der Waals surface area contributed by atoms with Crippen molar-refractivity contribution in [3.63, 3.8) is 0 Å². The third kappa shape index (κ3) is 2.33. The summed E-state index contributed by atoms with van der Waals surface area (Å²) in [5, 5.41) is 9.12. The molecule has 0 saturated carbocycles. The van der Waals surface area contributed by atoms with Crippen LogP contribution in [-0.2, 0) is 0 Å². The Hall–Kier alpha value is -2.16. The Morgan fingerprint density at radius 1 is 1.35 bits per heavy atom. The second kappa shape index (κ2) is 4.37. The van der Waals surface area contributed by atoms with Gasteiger partial charge in [0.2, 0.25) is 5.13 Å². The lowest BCUT2D eigenvalue weighted by Gasteiger charge is -2.03. The van der Waals surface area contributed by atoms with Crippen molar-refractivity contribution in [2.75, 3.05) is 11.1 Å². The number of amides is 1. The van der Waals surface area contributed by atoms with E-state index in [1.807, 2.05) is 0 Å². The monoisotopic (exact) mass is 257 g/mol. The van der Waals surface area contributed by atoms with Crippen molar-refractivity contribution in [3.8, 4) is 0 Å². The maximum Gasteiger partial charge on any atom is 0.257 e. The summed E-state index contributed by atoms with van der Waals surface area (Å²) in [4.78, 5) is 11.6. The fourth-order valence-corrected chi connectivity index (χ4v) is 1.43. The van der Waals surface area contributed by atoms with E-state index in [-0.39, 0.29) is 10.7 Å². The Kier molecular flexibility index (Phi) is 2.91. The number of aromatic nitrogens is 3. The molecule has 0 spiro atoms. The van der Waals surface area contributed by atoms with E-state index in [2.05, 4.69) is 20.1 Å². The predicted octanol–water partition coefficient (Wildman–Crippen LogP) is 1.05. The van der Waals surface area contributed by atoms with Gasteiger partial charge in [-0.15, -0.1) is 0 Å². The Morgan fingerprint density at radius 2 is 2.00 bits per heavy atom. The van der Waals surface area contributed by atoms with Crippen molar-refractivity contribution >= 4 is 28.3 Å². The van der Waals surface area contributed by atoms with Gasteiger partial charge >= 0.3 is 0 Å². The molecule has 0 radical (unpaired) electrons. The number of nitrogens with one attached hydrogen (secondary N) is 1. The van der Waals surface area contributed by atoms with Crippen LogP contribution in [0.25, 0.3) is 0 Å². The summed E-state index contributed by atoms with van der Waals surface area (Å²) in [5.74, 6) is -2.71. The molecule has 0 atom stereocenters. The lowest BCUT2D eigenvalue weighted by molar-refractivity contribution is 0.102. The zero-order valence-corrected chi connectivity index (χ0v) is 8.96. The number of anilines is 2. The molecule has 17 heavy (non-hydrogen) atoms. The summed E-state index contributed by atoms with van der Waals surface area (Å²) in [5.41, 5.74) is 4.24. The van der Waals surface area contributed by atoms with Gasteiger partial charge in [-0.3, -0.25) is 10.1 Å². The number of carbonyl (C=O) groups is 1. The number of carbonyl (C=O) groups excluding carboxylic acids is 1. The molecule has 0 bridgehead atoms. The van der Waals surface area contributed by atoms with E-state index in [0.717, 1.165) is 23.7 Å². The van der Waals surface area contributed by atoms with E-state index in [1.165, 1.54) is 0 Å². The average molecular weight is 257 g/mol. The maximum atomic E-state index is 13.1. The van der Waals surface area contributed by atoms with Crippen LogP contribution < -0.4 is 11.1 Å². The van der Waals surface area contributed by atoms with E-state index in [1.54, 1.807) is 0 Å². The summed E-state index contributed by atoms with van der Waals surface area (Å²) >= 11 is 0.841. The number of hydrogen-bond donors (Lipinski definition) is 2.